The van der Waals surface area contributed by atoms with Crippen molar-refractivity contribution in [3.05, 3.63) is 194 Å². The lowest BCUT2D eigenvalue weighted by Gasteiger charge is -2.26. The van der Waals surface area contributed by atoms with Crippen molar-refractivity contribution in [2.45, 2.75) is 0 Å². The largest absolute Gasteiger partial charge is 0.310 e. The van der Waals surface area contributed by atoms with Gasteiger partial charge in [0.2, 0.25) is 0 Å². The SMILES string of the molecule is c1ccc(-c2ccc(N(c3ccccc3)c3cccc(-c4cc5ccccc5c5c4c4ccccc4n5-c4ccccc4)c3)cc2)cc1. The molecule has 8 aromatic carbocycles. The van der Waals surface area contributed by atoms with Crippen molar-refractivity contribution in [1.29, 1.82) is 0 Å². The maximum atomic E-state index is 2.44. The van der Waals surface area contributed by atoms with Crippen LogP contribution in [0.15, 0.2) is 194 Å². The van der Waals surface area contributed by atoms with E-state index in [-0.39, 0.29) is 0 Å². The zero-order valence-electron chi connectivity index (χ0n) is 26.4. The van der Waals surface area contributed by atoms with E-state index < -0.39 is 0 Å². The Labute approximate surface area is 280 Å². The highest BCUT2D eigenvalue weighted by Gasteiger charge is 2.20. The molecule has 0 unspecified atom stereocenters. The van der Waals surface area contributed by atoms with E-state index in [9.17, 15) is 0 Å². The molecular formula is C46H32N2. The molecule has 48 heavy (non-hydrogen) atoms. The third-order valence-electron chi connectivity index (χ3n) is 9.34. The standard InChI is InChI=1S/C46H32N2/c1-4-15-33(16-5-1)34-27-29-39(30-28-34)47(37-19-6-2-7-20-37)40-23-14-18-35(31-40)43-32-36-17-10-11-24-41(36)46-45(43)42-25-12-13-26-44(42)48(46)38-21-8-3-9-22-38/h1-32H. The Morgan fingerprint density at radius 2 is 0.938 bits per heavy atom. The van der Waals surface area contributed by atoms with Crippen molar-refractivity contribution in [2.24, 2.45) is 0 Å². The van der Waals surface area contributed by atoms with Crippen LogP contribution in [0.4, 0.5) is 17.1 Å². The van der Waals surface area contributed by atoms with Gasteiger partial charge in [-0.05, 0) is 88.3 Å². The fraction of sp³-hybridized carbons (Fsp3) is 0. The van der Waals surface area contributed by atoms with Gasteiger partial charge in [0.1, 0.15) is 0 Å². The maximum absolute atomic E-state index is 2.44. The Bertz CT molecular complexity index is 2530. The Morgan fingerprint density at radius 1 is 0.375 bits per heavy atom. The van der Waals surface area contributed by atoms with Gasteiger partial charge in [0.15, 0.2) is 0 Å². The number of nitrogens with zero attached hydrogens (tertiary/aromatic N) is 2. The van der Waals surface area contributed by atoms with Crippen LogP contribution in [0.1, 0.15) is 0 Å². The van der Waals surface area contributed by atoms with Crippen LogP contribution in [0, 0.1) is 0 Å². The molecule has 226 valence electrons. The molecule has 9 rings (SSSR count). The average molecular weight is 613 g/mol. The van der Waals surface area contributed by atoms with Gasteiger partial charge in [0, 0.05) is 38.9 Å². The molecule has 0 radical (unpaired) electrons. The third kappa shape index (κ3) is 4.74. The van der Waals surface area contributed by atoms with Crippen molar-refractivity contribution in [3.63, 3.8) is 0 Å². The third-order valence-corrected chi connectivity index (χ3v) is 9.34. The minimum Gasteiger partial charge on any atom is -0.310 e. The van der Waals surface area contributed by atoms with Crippen LogP contribution in [-0.2, 0) is 0 Å². The quantitative estimate of drug-likeness (QED) is 0.181. The first kappa shape index (κ1) is 27.9. The van der Waals surface area contributed by atoms with Crippen LogP contribution < -0.4 is 4.90 Å². The molecule has 0 saturated heterocycles. The smallest absolute Gasteiger partial charge is 0.0625 e. The molecule has 0 amide bonds. The van der Waals surface area contributed by atoms with Gasteiger partial charge in [-0.1, -0.05) is 133 Å². The monoisotopic (exact) mass is 612 g/mol. The fourth-order valence-electron chi connectivity index (χ4n) is 7.18. The summed E-state index contributed by atoms with van der Waals surface area (Å²) in [6, 6.07) is 69.8. The van der Waals surface area contributed by atoms with E-state index in [1.54, 1.807) is 0 Å². The summed E-state index contributed by atoms with van der Waals surface area (Å²) in [6.07, 6.45) is 0. The second kappa shape index (κ2) is 11.8. The van der Waals surface area contributed by atoms with E-state index in [2.05, 4.69) is 204 Å². The normalized spacial score (nSPS) is 11.3. The van der Waals surface area contributed by atoms with Crippen molar-refractivity contribution in [1.82, 2.24) is 4.57 Å². The zero-order valence-corrected chi connectivity index (χ0v) is 26.4. The molecule has 2 heteroatoms. The predicted octanol–water partition coefficient (Wildman–Crippen LogP) is 12.7. The Kier molecular flexibility index (Phi) is 6.84. The van der Waals surface area contributed by atoms with Crippen LogP contribution in [0.5, 0.6) is 0 Å². The summed E-state index contributed by atoms with van der Waals surface area (Å²) in [7, 11) is 0. The molecule has 0 N–H and O–H groups in total. The highest BCUT2D eigenvalue weighted by molar-refractivity contribution is 6.24. The van der Waals surface area contributed by atoms with Crippen molar-refractivity contribution in [3.8, 4) is 27.9 Å². The Hall–Kier alpha value is -6.38. The second-order valence-corrected chi connectivity index (χ2v) is 12.2. The summed E-state index contributed by atoms with van der Waals surface area (Å²) in [6.45, 7) is 0. The first-order valence-corrected chi connectivity index (χ1v) is 16.4. The maximum Gasteiger partial charge on any atom is 0.0625 e. The topological polar surface area (TPSA) is 8.17 Å². The molecule has 0 aliphatic carbocycles. The molecule has 1 aromatic heterocycles. The Balaban J connectivity index is 1.27. The van der Waals surface area contributed by atoms with Gasteiger partial charge < -0.3 is 9.47 Å². The van der Waals surface area contributed by atoms with Crippen LogP contribution in [0.2, 0.25) is 0 Å². The zero-order chi connectivity index (χ0) is 31.9. The van der Waals surface area contributed by atoms with Gasteiger partial charge in [-0.15, -0.1) is 0 Å². The molecule has 0 atom stereocenters. The summed E-state index contributed by atoms with van der Waals surface area (Å²) in [4.78, 5) is 2.35. The Morgan fingerprint density at radius 3 is 1.71 bits per heavy atom. The summed E-state index contributed by atoms with van der Waals surface area (Å²) < 4.78 is 2.44. The molecule has 0 saturated carbocycles. The summed E-state index contributed by atoms with van der Waals surface area (Å²) in [5.74, 6) is 0. The number of anilines is 3. The average Bonchev–Trinajstić information content (AvgIpc) is 3.52. The van der Waals surface area contributed by atoms with Gasteiger partial charge in [-0.3, -0.25) is 0 Å². The fourth-order valence-corrected chi connectivity index (χ4v) is 7.18. The molecule has 0 fully saturated rings. The van der Waals surface area contributed by atoms with Crippen LogP contribution in [-0.4, -0.2) is 4.57 Å². The number of hydrogen-bond donors (Lipinski definition) is 0. The first-order chi connectivity index (χ1) is 23.8. The van der Waals surface area contributed by atoms with E-state index in [4.69, 9.17) is 0 Å². The van der Waals surface area contributed by atoms with E-state index in [0.29, 0.717) is 0 Å². The molecule has 0 aliphatic rings. The highest BCUT2D eigenvalue weighted by Crippen LogP contribution is 2.44. The number of aromatic nitrogens is 1. The molecule has 0 bridgehead atoms. The lowest BCUT2D eigenvalue weighted by atomic mass is 9.94. The number of hydrogen-bond acceptors (Lipinski definition) is 1. The summed E-state index contributed by atoms with van der Waals surface area (Å²) in [5.41, 5.74) is 11.8. The minimum absolute atomic E-state index is 1.11. The van der Waals surface area contributed by atoms with Crippen molar-refractivity contribution in [2.75, 3.05) is 4.90 Å². The lowest BCUT2D eigenvalue weighted by molar-refractivity contribution is 1.19. The predicted molar refractivity (Wildman–Crippen MR) is 204 cm³/mol. The molecule has 0 spiro atoms. The van der Waals surface area contributed by atoms with Gasteiger partial charge in [-0.2, -0.15) is 0 Å². The molecule has 0 aliphatic heterocycles. The van der Waals surface area contributed by atoms with Crippen molar-refractivity contribution < 1.29 is 0 Å². The van der Waals surface area contributed by atoms with Gasteiger partial charge in [0.05, 0.1) is 11.0 Å². The molecule has 1 heterocycles. The summed E-state index contributed by atoms with van der Waals surface area (Å²) in [5, 5.41) is 4.99. The molecular weight excluding hydrogens is 581 g/mol. The van der Waals surface area contributed by atoms with Crippen LogP contribution >= 0.6 is 0 Å². The van der Waals surface area contributed by atoms with Crippen LogP contribution in [0.25, 0.3) is 60.5 Å². The number of para-hydroxylation sites is 3. The van der Waals surface area contributed by atoms with E-state index in [0.717, 1.165) is 22.7 Å². The van der Waals surface area contributed by atoms with E-state index in [1.165, 1.54) is 54.8 Å². The van der Waals surface area contributed by atoms with Crippen molar-refractivity contribution >= 4 is 49.6 Å². The van der Waals surface area contributed by atoms with Crippen LogP contribution in [0.3, 0.4) is 0 Å². The molecule has 2 nitrogen and oxygen atoms in total. The van der Waals surface area contributed by atoms with Gasteiger partial charge in [0.25, 0.3) is 0 Å². The molecule has 9 aromatic rings. The highest BCUT2D eigenvalue weighted by atomic mass is 15.1. The number of rotatable bonds is 6. The number of benzene rings is 8. The number of fused-ring (bicyclic) bond motifs is 5. The second-order valence-electron chi connectivity index (χ2n) is 12.2. The van der Waals surface area contributed by atoms with Gasteiger partial charge in [-0.25, -0.2) is 0 Å². The van der Waals surface area contributed by atoms with Gasteiger partial charge >= 0.3 is 0 Å². The van der Waals surface area contributed by atoms with E-state index in [1.807, 2.05) is 0 Å². The minimum atomic E-state index is 1.11. The van der Waals surface area contributed by atoms with E-state index >= 15 is 0 Å². The summed E-state index contributed by atoms with van der Waals surface area (Å²) >= 11 is 0. The lowest BCUT2D eigenvalue weighted by Crippen LogP contribution is -2.09. The first-order valence-electron chi connectivity index (χ1n) is 16.4.